The Bertz CT molecular complexity index is 305. The van der Waals surface area contributed by atoms with E-state index in [0.29, 0.717) is 5.41 Å². The van der Waals surface area contributed by atoms with Gasteiger partial charge in [-0.1, -0.05) is 50.1 Å². The van der Waals surface area contributed by atoms with Crippen LogP contribution in [0.15, 0.2) is 24.3 Å². The average molecular weight is 188 g/mol. The summed E-state index contributed by atoms with van der Waals surface area (Å²) in [6, 6.07) is 9.10. The standard InChI is InChI=1S/C14H20/c1-11-6-8-12(9-7-11)13-5-4-10-14(13,2)3/h6-9,13H,4-5,10H2,1-3H3. The lowest BCUT2D eigenvalue weighted by atomic mass is 9.78. The lowest BCUT2D eigenvalue weighted by Gasteiger charge is -2.27. The predicted molar refractivity (Wildman–Crippen MR) is 61.6 cm³/mol. The zero-order valence-electron chi connectivity index (χ0n) is 9.51. The lowest BCUT2D eigenvalue weighted by Crippen LogP contribution is -2.15. The third-order valence-corrected chi connectivity index (χ3v) is 3.74. The molecule has 0 aliphatic heterocycles. The molecule has 1 aliphatic carbocycles. The Balaban J connectivity index is 2.27. The third-order valence-electron chi connectivity index (χ3n) is 3.74. The van der Waals surface area contributed by atoms with Crippen LogP contribution in [0.3, 0.4) is 0 Å². The summed E-state index contributed by atoms with van der Waals surface area (Å²) in [7, 11) is 0. The van der Waals surface area contributed by atoms with Gasteiger partial charge in [0.15, 0.2) is 0 Å². The van der Waals surface area contributed by atoms with Crippen LogP contribution < -0.4 is 0 Å². The van der Waals surface area contributed by atoms with E-state index in [4.69, 9.17) is 0 Å². The molecule has 0 amide bonds. The summed E-state index contributed by atoms with van der Waals surface area (Å²) in [4.78, 5) is 0. The van der Waals surface area contributed by atoms with Crippen molar-refractivity contribution in [3.05, 3.63) is 35.4 Å². The zero-order chi connectivity index (χ0) is 10.2. The highest BCUT2D eigenvalue weighted by Crippen LogP contribution is 2.48. The summed E-state index contributed by atoms with van der Waals surface area (Å²) in [5, 5.41) is 0. The van der Waals surface area contributed by atoms with Crippen LogP contribution in [-0.4, -0.2) is 0 Å². The fourth-order valence-electron chi connectivity index (χ4n) is 2.74. The van der Waals surface area contributed by atoms with Crippen LogP contribution in [-0.2, 0) is 0 Å². The second kappa shape index (κ2) is 3.42. The summed E-state index contributed by atoms with van der Waals surface area (Å²) in [5.41, 5.74) is 3.41. The molecular weight excluding hydrogens is 168 g/mol. The Morgan fingerprint density at radius 1 is 1.14 bits per heavy atom. The van der Waals surface area contributed by atoms with E-state index >= 15 is 0 Å². The number of aryl methyl sites for hydroxylation is 1. The number of benzene rings is 1. The molecule has 2 rings (SSSR count). The zero-order valence-corrected chi connectivity index (χ0v) is 9.51. The van der Waals surface area contributed by atoms with Gasteiger partial charge >= 0.3 is 0 Å². The van der Waals surface area contributed by atoms with Crippen molar-refractivity contribution in [2.45, 2.75) is 46.0 Å². The van der Waals surface area contributed by atoms with E-state index in [1.165, 1.54) is 30.4 Å². The van der Waals surface area contributed by atoms with E-state index in [1.54, 1.807) is 0 Å². The number of hydrogen-bond acceptors (Lipinski definition) is 0. The summed E-state index contributed by atoms with van der Waals surface area (Å²) in [6.45, 7) is 6.97. The van der Waals surface area contributed by atoms with Crippen LogP contribution in [0.5, 0.6) is 0 Å². The van der Waals surface area contributed by atoms with E-state index in [0.717, 1.165) is 5.92 Å². The lowest BCUT2D eigenvalue weighted by molar-refractivity contribution is 0.332. The summed E-state index contributed by atoms with van der Waals surface area (Å²) in [5.74, 6) is 0.781. The second-order valence-corrected chi connectivity index (χ2v) is 5.34. The second-order valence-electron chi connectivity index (χ2n) is 5.34. The maximum atomic E-state index is 2.41. The molecule has 0 N–H and O–H groups in total. The molecule has 0 saturated heterocycles. The molecule has 76 valence electrons. The molecule has 0 heteroatoms. The predicted octanol–water partition coefficient (Wildman–Crippen LogP) is 4.29. The van der Waals surface area contributed by atoms with Crippen molar-refractivity contribution in [2.24, 2.45) is 5.41 Å². The Hall–Kier alpha value is -0.780. The maximum absolute atomic E-state index is 2.41. The largest absolute Gasteiger partial charge is 0.0593 e. The molecule has 14 heavy (non-hydrogen) atoms. The fourth-order valence-corrected chi connectivity index (χ4v) is 2.74. The smallest absolute Gasteiger partial charge is 0.0111 e. The van der Waals surface area contributed by atoms with Gasteiger partial charge < -0.3 is 0 Å². The van der Waals surface area contributed by atoms with Crippen molar-refractivity contribution in [3.63, 3.8) is 0 Å². The van der Waals surface area contributed by atoms with Gasteiger partial charge in [-0.15, -0.1) is 0 Å². The van der Waals surface area contributed by atoms with Gasteiger partial charge in [0.1, 0.15) is 0 Å². The summed E-state index contributed by atoms with van der Waals surface area (Å²) >= 11 is 0. The van der Waals surface area contributed by atoms with Crippen LogP contribution in [0.1, 0.15) is 50.2 Å². The molecular formula is C14H20. The molecule has 0 heterocycles. The van der Waals surface area contributed by atoms with E-state index in [1.807, 2.05) is 0 Å². The molecule has 1 aliphatic rings. The van der Waals surface area contributed by atoms with Gasteiger partial charge in [-0.25, -0.2) is 0 Å². The maximum Gasteiger partial charge on any atom is -0.0111 e. The Kier molecular flexibility index (Phi) is 2.38. The van der Waals surface area contributed by atoms with Crippen LogP contribution in [0.25, 0.3) is 0 Å². The first-order valence-corrected chi connectivity index (χ1v) is 5.66. The van der Waals surface area contributed by atoms with Crippen LogP contribution in [0.2, 0.25) is 0 Å². The van der Waals surface area contributed by atoms with Crippen molar-refractivity contribution in [1.82, 2.24) is 0 Å². The minimum absolute atomic E-state index is 0.509. The van der Waals surface area contributed by atoms with E-state index in [9.17, 15) is 0 Å². The molecule has 1 unspecified atom stereocenters. The SMILES string of the molecule is Cc1ccc(C2CCCC2(C)C)cc1. The first-order chi connectivity index (χ1) is 6.59. The molecule has 0 radical (unpaired) electrons. The van der Waals surface area contributed by atoms with Crippen LogP contribution >= 0.6 is 0 Å². The highest BCUT2D eigenvalue weighted by molar-refractivity contribution is 5.26. The minimum atomic E-state index is 0.509. The summed E-state index contributed by atoms with van der Waals surface area (Å²) in [6.07, 6.45) is 4.15. The molecule has 1 aromatic carbocycles. The topological polar surface area (TPSA) is 0 Å². The molecule has 0 aromatic heterocycles. The first kappa shape index (κ1) is 9.76. The van der Waals surface area contributed by atoms with Gasteiger partial charge in [-0.3, -0.25) is 0 Å². The van der Waals surface area contributed by atoms with Gasteiger partial charge in [0.25, 0.3) is 0 Å². The molecule has 1 fully saturated rings. The first-order valence-electron chi connectivity index (χ1n) is 5.66. The van der Waals surface area contributed by atoms with Crippen LogP contribution in [0, 0.1) is 12.3 Å². The van der Waals surface area contributed by atoms with Crippen molar-refractivity contribution in [2.75, 3.05) is 0 Å². The van der Waals surface area contributed by atoms with Gasteiger partial charge in [0.2, 0.25) is 0 Å². The quantitative estimate of drug-likeness (QED) is 0.616. The molecule has 1 aromatic rings. The van der Waals surface area contributed by atoms with Crippen molar-refractivity contribution in [3.8, 4) is 0 Å². The normalized spacial score (nSPS) is 25.2. The van der Waals surface area contributed by atoms with Gasteiger partial charge in [-0.05, 0) is 36.7 Å². The highest BCUT2D eigenvalue weighted by atomic mass is 14.4. The van der Waals surface area contributed by atoms with E-state index in [-0.39, 0.29) is 0 Å². The minimum Gasteiger partial charge on any atom is -0.0593 e. The number of hydrogen-bond donors (Lipinski definition) is 0. The molecule has 1 atom stereocenters. The van der Waals surface area contributed by atoms with Gasteiger partial charge in [0.05, 0.1) is 0 Å². The number of rotatable bonds is 1. The Morgan fingerprint density at radius 3 is 2.29 bits per heavy atom. The van der Waals surface area contributed by atoms with E-state index in [2.05, 4.69) is 45.0 Å². The molecule has 0 bridgehead atoms. The van der Waals surface area contributed by atoms with Crippen LogP contribution in [0.4, 0.5) is 0 Å². The van der Waals surface area contributed by atoms with Gasteiger partial charge in [-0.2, -0.15) is 0 Å². The average Bonchev–Trinajstić information content (AvgIpc) is 2.47. The molecule has 0 nitrogen and oxygen atoms in total. The fraction of sp³-hybridized carbons (Fsp3) is 0.571. The Morgan fingerprint density at radius 2 is 1.79 bits per heavy atom. The third kappa shape index (κ3) is 1.70. The van der Waals surface area contributed by atoms with Gasteiger partial charge in [0, 0.05) is 0 Å². The Labute approximate surface area is 87.3 Å². The monoisotopic (exact) mass is 188 g/mol. The van der Waals surface area contributed by atoms with Crippen molar-refractivity contribution < 1.29 is 0 Å². The summed E-state index contributed by atoms with van der Waals surface area (Å²) < 4.78 is 0. The van der Waals surface area contributed by atoms with Crippen molar-refractivity contribution in [1.29, 1.82) is 0 Å². The highest BCUT2D eigenvalue weighted by Gasteiger charge is 2.35. The van der Waals surface area contributed by atoms with Crippen molar-refractivity contribution >= 4 is 0 Å². The molecule has 0 spiro atoms. The van der Waals surface area contributed by atoms with E-state index < -0.39 is 0 Å². The molecule has 1 saturated carbocycles.